The molecule has 1 aromatic carbocycles. The smallest absolute Gasteiger partial charge is 0.336 e. The Morgan fingerprint density at radius 2 is 2.14 bits per heavy atom. The Balaban J connectivity index is 2.16. The molecule has 0 bridgehead atoms. The predicted octanol–water partition coefficient (Wildman–Crippen LogP) is 4.05. The number of nitrogens with zero attached hydrogens (tertiary/aromatic N) is 1. The summed E-state index contributed by atoms with van der Waals surface area (Å²) in [6, 6.07) is 5.89. The van der Waals surface area contributed by atoms with Gasteiger partial charge in [-0.15, -0.1) is 0 Å². The predicted molar refractivity (Wildman–Crippen MR) is 112 cm³/mol. The molecule has 2 heterocycles. The first-order valence-electron chi connectivity index (χ1n) is 9.49. The van der Waals surface area contributed by atoms with E-state index in [1.54, 1.807) is 26.0 Å². The molecule has 0 radical (unpaired) electrons. The number of benzene rings is 1. The van der Waals surface area contributed by atoms with Crippen molar-refractivity contribution in [2.75, 3.05) is 17.7 Å². The van der Waals surface area contributed by atoms with Crippen LogP contribution < -0.4 is 10.9 Å². The maximum absolute atomic E-state index is 14.0. The molecule has 3 rings (SSSR count). The van der Waals surface area contributed by atoms with E-state index in [9.17, 15) is 14.0 Å². The lowest BCUT2D eigenvalue weighted by Gasteiger charge is -2.28. The van der Waals surface area contributed by atoms with Gasteiger partial charge in [0.2, 0.25) is 0 Å². The zero-order chi connectivity index (χ0) is 21.1. The molecule has 0 saturated heterocycles. The van der Waals surface area contributed by atoms with Crippen molar-refractivity contribution in [3.05, 3.63) is 62.8 Å². The van der Waals surface area contributed by atoms with Gasteiger partial charge in [-0.3, -0.25) is 4.79 Å². The second kappa shape index (κ2) is 8.82. The molecule has 2 aromatic rings. The number of allylic oxidation sites excluding steroid dienone is 1. The molecule has 2 N–H and O–H groups in total. The molecule has 29 heavy (non-hydrogen) atoms. The van der Waals surface area contributed by atoms with E-state index in [2.05, 4.69) is 29.1 Å². The number of aromatic nitrogens is 2. The minimum atomic E-state index is -0.776. The summed E-state index contributed by atoms with van der Waals surface area (Å²) in [5.41, 5.74) is 1.21. The third kappa shape index (κ3) is 4.53. The summed E-state index contributed by atoms with van der Waals surface area (Å²) in [5, 5.41) is 3.57. The fraction of sp³-hybridized carbons (Fsp3) is 0.381. The first kappa shape index (κ1) is 21.1. The topological polar surface area (TPSA) is 84.1 Å². The van der Waals surface area contributed by atoms with Crippen LogP contribution in [-0.4, -0.2) is 28.3 Å². The van der Waals surface area contributed by atoms with E-state index in [0.717, 1.165) is 5.75 Å². The Bertz CT molecular complexity index is 1020. The molecule has 0 spiro atoms. The summed E-state index contributed by atoms with van der Waals surface area (Å²) in [7, 11) is 0. The van der Waals surface area contributed by atoms with Crippen LogP contribution in [0.1, 0.15) is 44.7 Å². The molecule has 0 unspecified atom stereocenters. The second-order valence-electron chi connectivity index (χ2n) is 7.21. The molecule has 154 valence electrons. The zero-order valence-corrected chi connectivity index (χ0v) is 17.7. The third-order valence-corrected chi connectivity index (χ3v) is 5.75. The first-order chi connectivity index (χ1) is 13.8. The molecular weight excluding hydrogens is 393 g/mol. The van der Waals surface area contributed by atoms with Crippen LogP contribution in [0, 0.1) is 11.7 Å². The van der Waals surface area contributed by atoms with Crippen LogP contribution in [0.4, 0.5) is 10.2 Å². The van der Waals surface area contributed by atoms with Crippen LogP contribution >= 0.6 is 11.8 Å². The van der Waals surface area contributed by atoms with Gasteiger partial charge >= 0.3 is 5.97 Å². The third-order valence-electron chi connectivity index (χ3n) is 4.45. The van der Waals surface area contributed by atoms with Crippen LogP contribution in [-0.2, 0) is 9.53 Å². The number of anilines is 1. The molecule has 1 aliphatic heterocycles. The van der Waals surface area contributed by atoms with E-state index in [-0.39, 0.29) is 23.3 Å². The molecule has 0 aliphatic carbocycles. The standard InChI is InChI=1S/C21H24FN3O3S/c1-5-28-20(27)15-12(4)23-18-17(16(15)13-7-6-8-14(22)9-13)19(26)25-21(24-18)29-10-11(2)3/h6-9,11,16H,5,10H2,1-4H3,(H2,23,24,25,26)/t16-/m0/s1. The van der Waals surface area contributed by atoms with Crippen molar-refractivity contribution in [2.45, 2.75) is 38.8 Å². The molecule has 1 atom stereocenters. The summed E-state index contributed by atoms with van der Waals surface area (Å²) in [4.78, 5) is 33.1. The van der Waals surface area contributed by atoms with Gasteiger partial charge in [0.15, 0.2) is 5.16 Å². The normalized spacial score (nSPS) is 15.9. The molecule has 8 heteroatoms. The molecular formula is C21H24FN3O3S. The molecule has 1 aliphatic rings. The average Bonchev–Trinajstić information content (AvgIpc) is 2.65. The first-order valence-corrected chi connectivity index (χ1v) is 10.5. The van der Waals surface area contributed by atoms with Gasteiger partial charge in [0.25, 0.3) is 5.56 Å². The monoisotopic (exact) mass is 417 g/mol. The summed E-state index contributed by atoms with van der Waals surface area (Å²) in [6.45, 7) is 7.80. The zero-order valence-electron chi connectivity index (χ0n) is 16.8. The van der Waals surface area contributed by atoms with Gasteiger partial charge in [0, 0.05) is 11.4 Å². The summed E-state index contributed by atoms with van der Waals surface area (Å²) < 4.78 is 19.2. The van der Waals surface area contributed by atoms with Crippen LogP contribution in [0.3, 0.4) is 0 Å². The lowest BCUT2D eigenvalue weighted by atomic mass is 9.82. The number of aromatic amines is 1. The van der Waals surface area contributed by atoms with Crippen LogP contribution in [0.2, 0.25) is 0 Å². The molecule has 6 nitrogen and oxygen atoms in total. The number of fused-ring (bicyclic) bond motifs is 1. The highest BCUT2D eigenvalue weighted by Crippen LogP contribution is 2.40. The molecule has 0 fully saturated rings. The molecule has 0 saturated carbocycles. The quantitative estimate of drug-likeness (QED) is 0.419. The number of carbonyl (C=O) groups is 1. The second-order valence-corrected chi connectivity index (χ2v) is 8.22. The number of thioether (sulfide) groups is 1. The maximum atomic E-state index is 14.0. The number of hydrogen-bond acceptors (Lipinski definition) is 6. The Morgan fingerprint density at radius 1 is 1.38 bits per heavy atom. The number of halogens is 1. The average molecular weight is 418 g/mol. The SMILES string of the molecule is CCOC(=O)C1=C(C)Nc2nc(SCC(C)C)[nH]c(=O)c2[C@H]1c1cccc(F)c1. The molecule has 1 aromatic heterocycles. The van der Waals surface area contributed by atoms with Crippen molar-refractivity contribution < 1.29 is 13.9 Å². The highest BCUT2D eigenvalue weighted by molar-refractivity contribution is 7.99. The minimum Gasteiger partial charge on any atom is -0.463 e. The minimum absolute atomic E-state index is 0.192. The van der Waals surface area contributed by atoms with Gasteiger partial charge in [-0.2, -0.15) is 0 Å². The van der Waals surface area contributed by atoms with E-state index >= 15 is 0 Å². The van der Waals surface area contributed by atoms with Crippen molar-refractivity contribution >= 4 is 23.5 Å². The van der Waals surface area contributed by atoms with Crippen LogP contribution in [0.5, 0.6) is 0 Å². The highest BCUT2D eigenvalue weighted by atomic mass is 32.2. The number of esters is 1. The van der Waals surface area contributed by atoms with Crippen molar-refractivity contribution in [3.63, 3.8) is 0 Å². The Morgan fingerprint density at radius 3 is 2.79 bits per heavy atom. The van der Waals surface area contributed by atoms with E-state index in [1.807, 2.05) is 0 Å². The summed E-state index contributed by atoms with van der Waals surface area (Å²) in [5.74, 6) is -0.155. The van der Waals surface area contributed by atoms with Crippen molar-refractivity contribution in [2.24, 2.45) is 5.92 Å². The lowest BCUT2D eigenvalue weighted by molar-refractivity contribution is -0.138. The van der Waals surface area contributed by atoms with Gasteiger partial charge in [-0.1, -0.05) is 37.7 Å². The van der Waals surface area contributed by atoms with Crippen molar-refractivity contribution in [3.8, 4) is 0 Å². The van der Waals surface area contributed by atoms with Crippen LogP contribution in [0.25, 0.3) is 0 Å². The lowest BCUT2D eigenvalue weighted by Crippen LogP contribution is -2.31. The fourth-order valence-electron chi connectivity index (χ4n) is 3.24. The number of rotatable bonds is 6. The van der Waals surface area contributed by atoms with Crippen molar-refractivity contribution in [1.29, 1.82) is 0 Å². The van der Waals surface area contributed by atoms with Gasteiger partial charge in [0.1, 0.15) is 11.6 Å². The van der Waals surface area contributed by atoms with Crippen molar-refractivity contribution in [1.82, 2.24) is 9.97 Å². The van der Waals surface area contributed by atoms with Gasteiger partial charge in [-0.05, 0) is 37.5 Å². The Hall–Kier alpha value is -2.61. The van der Waals surface area contributed by atoms with E-state index < -0.39 is 17.7 Å². The van der Waals surface area contributed by atoms with E-state index in [0.29, 0.717) is 28.2 Å². The number of H-pyrrole nitrogens is 1. The number of hydrogen-bond donors (Lipinski definition) is 2. The van der Waals surface area contributed by atoms with E-state index in [1.165, 1.54) is 23.9 Å². The Labute approximate surface area is 173 Å². The van der Waals surface area contributed by atoms with Gasteiger partial charge in [-0.25, -0.2) is 14.2 Å². The van der Waals surface area contributed by atoms with E-state index in [4.69, 9.17) is 4.74 Å². The largest absolute Gasteiger partial charge is 0.463 e. The molecule has 0 amide bonds. The van der Waals surface area contributed by atoms with Gasteiger partial charge in [0.05, 0.1) is 23.7 Å². The number of carbonyl (C=O) groups excluding carboxylic acids is 1. The number of nitrogens with one attached hydrogen (secondary N) is 2. The Kier molecular flexibility index (Phi) is 6.42. The fourth-order valence-corrected chi connectivity index (χ4v) is 4.06. The number of ether oxygens (including phenoxy) is 1. The van der Waals surface area contributed by atoms with Crippen LogP contribution in [0.15, 0.2) is 45.5 Å². The summed E-state index contributed by atoms with van der Waals surface area (Å²) >= 11 is 1.46. The maximum Gasteiger partial charge on any atom is 0.336 e. The van der Waals surface area contributed by atoms with Gasteiger partial charge < -0.3 is 15.0 Å². The summed E-state index contributed by atoms with van der Waals surface area (Å²) in [6.07, 6.45) is 0. The highest BCUT2D eigenvalue weighted by Gasteiger charge is 2.36.